The zero-order valence-electron chi connectivity index (χ0n) is 15.0. The summed E-state index contributed by atoms with van der Waals surface area (Å²) in [6, 6.07) is 13.7. The second kappa shape index (κ2) is 8.27. The van der Waals surface area contributed by atoms with E-state index in [2.05, 4.69) is 0 Å². The van der Waals surface area contributed by atoms with E-state index in [0.29, 0.717) is 21.9 Å². The van der Waals surface area contributed by atoms with E-state index in [1.54, 1.807) is 31.2 Å². The van der Waals surface area contributed by atoms with E-state index < -0.39 is 17.7 Å². The number of aryl methyl sites for hydroxylation is 1. The zero-order valence-corrected chi connectivity index (χ0v) is 15.8. The molecule has 0 unspecified atom stereocenters. The molecule has 1 heterocycles. The highest BCUT2D eigenvalue weighted by Gasteiger charge is 2.17. The molecule has 2 aromatic carbocycles. The Hall–Kier alpha value is -2.79. The molecule has 1 aromatic heterocycles. The molecule has 3 aromatic rings. The van der Waals surface area contributed by atoms with Gasteiger partial charge in [-0.05, 0) is 49.2 Å². The van der Waals surface area contributed by atoms with Crippen LogP contribution in [0.4, 0.5) is 0 Å². The maximum atomic E-state index is 12.2. The molecule has 0 aliphatic rings. The molecule has 0 bridgehead atoms. The van der Waals surface area contributed by atoms with E-state index in [9.17, 15) is 9.59 Å². The highest BCUT2D eigenvalue weighted by atomic mass is 35.5. The lowest BCUT2D eigenvalue weighted by molar-refractivity contribution is -0.152. The molecule has 5 nitrogen and oxygen atoms in total. The van der Waals surface area contributed by atoms with Crippen molar-refractivity contribution in [3.05, 3.63) is 75.1 Å². The Morgan fingerprint density at radius 2 is 1.89 bits per heavy atom. The second-order valence-electron chi connectivity index (χ2n) is 6.10. The van der Waals surface area contributed by atoms with Gasteiger partial charge in [-0.25, -0.2) is 9.59 Å². The van der Waals surface area contributed by atoms with Crippen molar-refractivity contribution in [2.24, 2.45) is 0 Å². The van der Waals surface area contributed by atoms with Gasteiger partial charge in [0.15, 0.2) is 6.10 Å². The Morgan fingerprint density at radius 3 is 2.59 bits per heavy atom. The molecule has 0 amide bonds. The summed E-state index contributed by atoms with van der Waals surface area (Å²) in [6.07, 6.45) is 0.0301. The van der Waals surface area contributed by atoms with Crippen molar-refractivity contribution >= 4 is 28.5 Å². The van der Waals surface area contributed by atoms with Crippen molar-refractivity contribution < 1.29 is 18.7 Å². The van der Waals surface area contributed by atoms with Crippen LogP contribution in [0, 0.1) is 0 Å². The molecule has 0 radical (unpaired) electrons. The second-order valence-corrected chi connectivity index (χ2v) is 6.53. The van der Waals surface area contributed by atoms with Gasteiger partial charge in [0.1, 0.15) is 17.9 Å². The minimum absolute atomic E-state index is 0.0409. The normalized spacial score (nSPS) is 12.0. The van der Waals surface area contributed by atoms with Crippen LogP contribution in [0.5, 0.6) is 5.75 Å². The van der Waals surface area contributed by atoms with Crippen molar-refractivity contribution in [3.8, 4) is 5.75 Å². The van der Waals surface area contributed by atoms with E-state index in [4.69, 9.17) is 25.5 Å². The van der Waals surface area contributed by atoms with Crippen LogP contribution in [-0.2, 0) is 22.6 Å². The van der Waals surface area contributed by atoms with Crippen LogP contribution in [0.15, 0.2) is 57.7 Å². The third kappa shape index (κ3) is 4.68. The summed E-state index contributed by atoms with van der Waals surface area (Å²) in [6.45, 7) is 3.58. The summed E-state index contributed by atoms with van der Waals surface area (Å²) in [4.78, 5) is 24.0. The fourth-order valence-corrected chi connectivity index (χ4v) is 2.77. The molecule has 140 valence electrons. The predicted octanol–water partition coefficient (Wildman–Crippen LogP) is 4.52. The quantitative estimate of drug-likeness (QED) is 0.460. The lowest BCUT2D eigenvalue weighted by atomic mass is 10.1. The molecule has 3 rings (SSSR count). The van der Waals surface area contributed by atoms with Gasteiger partial charge in [-0.15, -0.1) is 0 Å². The highest BCUT2D eigenvalue weighted by molar-refractivity contribution is 6.30. The van der Waals surface area contributed by atoms with Crippen LogP contribution in [0.1, 0.15) is 25.0 Å². The standard InChI is InChI=1S/C21H19ClO5/c1-3-14-4-9-18-15(11-20(23)27-19(18)10-14)12-25-21(24)13(2)26-17-7-5-16(22)6-8-17/h4-11,13H,3,12H2,1-2H3/t13-/m1/s1. The van der Waals surface area contributed by atoms with Gasteiger partial charge < -0.3 is 13.9 Å². The molecular formula is C21H19ClO5. The SMILES string of the molecule is CCc1ccc2c(COC(=O)[C@@H](C)Oc3ccc(Cl)cc3)cc(=O)oc2c1. The smallest absolute Gasteiger partial charge is 0.347 e. The first kappa shape index (κ1) is 19.0. The Kier molecular flexibility index (Phi) is 5.81. The van der Waals surface area contributed by atoms with Crippen LogP contribution < -0.4 is 10.4 Å². The molecule has 6 heteroatoms. The number of carbonyl (C=O) groups is 1. The number of esters is 1. The van der Waals surface area contributed by atoms with Crippen LogP contribution >= 0.6 is 11.6 Å². The summed E-state index contributed by atoms with van der Waals surface area (Å²) in [5, 5.41) is 1.32. The van der Waals surface area contributed by atoms with E-state index >= 15 is 0 Å². The van der Waals surface area contributed by atoms with Gasteiger partial charge >= 0.3 is 11.6 Å². The molecule has 0 saturated carbocycles. The van der Waals surface area contributed by atoms with Crippen molar-refractivity contribution in [2.45, 2.75) is 33.0 Å². The topological polar surface area (TPSA) is 65.7 Å². The monoisotopic (exact) mass is 386 g/mol. The van der Waals surface area contributed by atoms with Crippen LogP contribution in [-0.4, -0.2) is 12.1 Å². The van der Waals surface area contributed by atoms with Gasteiger partial charge in [0.05, 0.1) is 0 Å². The van der Waals surface area contributed by atoms with E-state index in [1.807, 2.05) is 25.1 Å². The molecule has 0 aliphatic carbocycles. The maximum absolute atomic E-state index is 12.2. The number of carbonyl (C=O) groups excluding carboxylic acids is 1. The molecule has 0 N–H and O–H groups in total. The highest BCUT2D eigenvalue weighted by Crippen LogP contribution is 2.21. The fourth-order valence-electron chi connectivity index (χ4n) is 2.65. The minimum Gasteiger partial charge on any atom is -0.479 e. The molecule has 0 saturated heterocycles. The van der Waals surface area contributed by atoms with Crippen LogP contribution in [0.25, 0.3) is 11.0 Å². The maximum Gasteiger partial charge on any atom is 0.347 e. The first-order valence-electron chi connectivity index (χ1n) is 8.61. The molecular weight excluding hydrogens is 368 g/mol. The molecule has 27 heavy (non-hydrogen) atoms. The summed E-state index contributed by atoms with van der Waals surface area (Å²) in [5.74, 6) is -0.0155. The molecule has 0 fully saturated rings. The molecule has 1 atom stereocenters. The number of hydrogen-bond acceptors (Lipinski definition) is 5. The van der Waals surface area contributed by atoms with Gasteiger partial charge in [0, 0.05) is 22.0 Å². The van der Waals surface area contributed by atoms with Crippen LogP contribution in [0.2, 0.25) is 5.02 Å². The Balaban J connectivity index is 1.71. The summed E-state index contributed by atoms with van der Waals surface area (Å²) in [7, 11) is 0. The lowest BCUT2D eigenvalue weighted by Crippen LogP contribution is -2.26. The largest absolute Gasteiger partial charge is 0.479 e. The van der Waals surface area contributed by atoms with Gasteiger partial charge in [0.2, 0.25) is 0 Å². The van der Waals surface area contributed by atoms with Crippen molar-refractivity contribution in [3.63, 3.8) is 0 Å². The number of ether oxygens (including phenoxy) is 2. The summed E-state index contributed by atoms with van der Waals surface area (Å²) < 4.78 is 16.1. The van der Waals surface area contributed by atoms with E-state index in [0.717, 1.165) is 17.4 Å². The Morgan fingerprint density at radius 1 is 1.15 bits per heavy atom. The third-order valence-electron chi connectivity index (χ3n) is 4.13. The number of hydrogen-bond donors (Lipinski definition) is 0. The average Bonchev–Trinajstić information content (AvgIpc) is 2.66. The number of fused-ring (bicyclic) bond motifs is 1. The molecule has 0 spiro atoms. The van der Waals surface area contributed by atoms with Gasteiger partial charge in [0.25, 0.3) is 0 Å². The minimum atomic E-state index is -0.802. The summed E-state index contributed by atoms with van der Waals surface area (Å²) >= 11 is 5.83. The van der Waals surface area contributed by atoms with E-state index in [1.165, 1.54) is 6.07 Å². The van der Waals surface area contributed by atoms with Crippen molar-refractivity contribution in [1.29, 1.82) is 0 Å². The van der Waals surface area contributed by atoms with Crippen molar-refractivity contribution in [2.75, 3.05) is 0 Å². The Labute approximate surface area is 161 Å². The predicted molar refractivity (Wildman–Crippen MR) is 103 cm³/mol. The molecule has 0 aliphatic heterocycles. The number of benzene rings is 2. The van der Waals surface area contributed by atoms with Gasteiger partial charge in [-0.1, -0.05) is 30.7 Å². The number of halogens is 1. The van der Waals surface area contributed by atoms with Crippen LogP contribution in [0.3, 0.4) is 0 Å². The average molecular weight is 387 g/mol. The van der Waals surface area contributed by atoms with E-state index in [-0.39, 0.29) is 6.61 Å². The van der Waals surface area contributed by atoms with Gasteiger partial charge in [-0.3, -0.25) is 0 Å². The Bertz CT molecular complexity index is 1010. The first-order chi connectivity index (χ1) is 13.0. The van der Waals surface area contributed by atoms with Gasteiger partial charge in [-0.2, -0.15) is 0 Å². The first-order valence-corrected chi connectivity index (χ1v) is 8.98. The fraction of sp³-hybridized carbons (Fsp3) is 0.238. The summed E-state index contributed by atoms with van der Waals surface area (Å²) in [5.41, 5.74) is 1.66. The number of rotatable bonds is 6. The zero-order chi connectivity index (χ0) is 19.4. The van der Waals surface area contributed by atoms with Crippen molar-refractivity contribution in [1.82, 2.24) is 0 Å². The lowest BCUT2D eigenvalue weighted by Gasteiger charge is -2.14. The third-order valence-corrected chi connectivity index (χ3v) is 4.38.